The van der Waals surface area contributed by atoms with Crippen molar-refractivity contribution in [2.24, 2.45) is 11.1 Å². The van der Waals surface area contributed by atoms with Crippen LogP contribution in [0.5, 0.6) is 0 Å². The highest BCUT2D eigenvalue weighted by molar-refractivity contribution is 7.13. The van der Waals surface area contributed by atoms with Crippen molar-refractivity contribution in [1.82, 2.24) is 25.4 Å². The van der Waals surface area contributed by atoms with E-state index >= 15 is 0 Å². The normalized spacial score (nSPS) is 16.3. The zero-order valence-electron chi connectivity index (χ0n) is 35.7. The van der Waals surface area contributed by atoms with Gasteiger partial charge in [0.1, 0.15) is 17.7 Å². The van der Waals surface area contributed by atoms with Crippen LogP contribution < -0.4 is 16.4 Å². The van der Waals surface area contributed by atoms with Crippen molar-refractivity contribution in [1.29, 1.82) is 0 Å². The van der Waals surface area contributed by atoms with Crippen LogP contribution in [0.4, 0.5) is 4.79 Å². The zero-order chi connectivity index (χ0) is 42.7. The van der Waals surface area contributed by atoms with E-state index in [9.17, 15) is 24.3 Å². The van der Waals surface area contributed by atoms with Gasteiger partial charge in [0.05, 0.1) is 61.8 Å². The van der Waals surface area contributed by atoms with Gasteiger partial charge in [-0.3, -0.25) is 14.4 Å². The lowest BCUT2D eigenvalue weighted by molar-refractivity contribution is -0.144. The predicted octanol–water partition coefficient (Wildman–Crippen LogP) is 4.42. The minimum Gasteiger partial charge on any atom is -0.444 e. The number of β-amino-alcohol motifs (C(OH)–C–C–N with tert-alkyl or cyclic N) is 1. The molecule has 0 bridgehead atoms. The number of carbonyl (C=O) groups is 4. The lowest BCUT2D eigenvalue weighted by atomic mass is 9.85. The fraction of sp³-hybridized carbons (Fsp3) is 0.690. The van der Waals surface area contributed by atoms with Crippen molar-refractivity contribution in [3.63, 3.8) is 0 Å². The molecule has 1 aliphatic heterocycles. The first-order valence-corrected chi connectivity index (χ1v) is 21.3. The molecular weight excluding hydrogens is 765 g/mol. The van der Waals surface area contributed by atoms with Gasteiger partial charge in [0.25, 0.3) is 0 Å². The topological polar surface area (TPSA) is 195 Å². The van der Waals surface area contributed by atoms with Crippen molar-refractivity contribution in [3.05, 3.63) is 41.0 Å². The first-order valence-electron chi connectivity index (χ1n) is 20.5. The number of thiazole rings is 1. The number of nitrogens with one attached hydrogen (secondary N) is 2. The molecule has 3 atom stereocenters. The molecule has 0 spiro atoms. The number of amides is 4. The summed E-state index contributed by atoms with van der Waals surface area (Å²) in [6, 6.07) is 6.14. The molecule has 58 heavy (non-hydrogen) atoms. The van der Waals surface area contributed by atoms with Crippen LogP contribution in [0.15, 0.2) is 29.8 Å². The number of rotatable bonds is 24. The third-order valence-electron chi connectivity index (χ3n) is 9.46. The zero-order valence-corrected chi connectivity index (χ0v) is 36.5. The van der Waals surface area contributed by atoms with Gasteiger partial charge in [-0.05, 0) is 57.1 Å². The number of nitrogens with two attached hydrogens (primary N) is 1. The smallest absolute Gasteiger partial charge is 0.410 e. The first-order chi connectivity index (χ1) is 27.5. The second-order valence-electron chi connectivity index (χ2n) is 16.7. The van der Waals surface area contributed by atoms with E-state index in [0.29, 0.717) is 72.1 Å². The highest BCUT2D eigenvalue weighted by atomic mass is 32.1. The third kappa shape index (κ3) is 17.3. The quantitative estimate of drug-likeness (QED) is 0.109. The van der Waals surface area contributed by atoms with E-state index in [1.807, 2.05) is 78.2 Å². The lowest BCUT2D eigenvalue weighted by Gasteiger charge is -2.35. The second kappa shape index (κ2) is 24.4. The SMILES string of the molecule is Cc1ncsc1-c1ccc(CNC(=O)[C@@H]2C[C@@H](O)CN2C(=O)[C@@H](NC(=O)CCCCCCN(CCOCCOCCOCCN)C(=O)OC(C)(C)C)C(C)(C)C)cc1. The molecule has 5 N–H and O–H groups in total. The summed E-state index contributed by atoms with van der Waals surface area (Å²) in [5.74, 6) is -1.01. The second-order valence-corrected chi connectivity index (χ2v) is 17.6. The van der Waals surface area contributed by atoms with Crippen LogP contribution in [0.3, 0.4) is 0 Å². The van der Waals surface area contributed by atoms with E-state index in [1.54, 1.807) is 16.2 Å². The van der Waals surface area contributed by atoms with Crippen LogP contribution in [0.1, 0.15) is 91.3 Å². The van der Waals surface area contributed by atoms with Gasteiger partial charge in [-0.2, -0.15) is 0 Å². The highest BCUT2D eigenvalue weighted by Crippen LogP contribution is 2.28. The van der Waals surface area contributed by atoms with Crippen LogP contribution >= 0.6 is 11.3 Å². The van der Waals surface area contributed by atoms with Gasteiger partial charge in [0, 0.05) is 45.6 Å². The number of nitrogens with zero attached hydrogens (tertiary/aromatic N) is 3. The van der Waals surface area contributed by atoms with Gasteiger partial charge >= 0.3 is 6.09 Å². The molecule has 4 amide bonds. The van der Waals surface area contributed by atoms with E-state index in [1.165, 1.54) is 4.90 Å². The molecular formula is C42H68N6O9S. The Morgan fingerprint density at radius 3 is 2.17 bits per heavy atom. The Kier molecular flexibility index (Phi) is 20.5. The maximum Gasteiger partial charge on any atom is 0.410 e. The van der Waals surface area contributed by atoms with Gasteiger partial charge in [-0.15, -0.1) is 11.3 Å². The molecule has 1 aromatic heterocycles. The van der Waals surface area contributed by atoms with Crippen LogP contribution in [0.25, 0.3) is 10.4 Å². The van der Waals surface area contributed by atoms with E-state index in [4.69, 9.17) is 24.7 Å². The number of aliphatic hydroxyl groups excluding tert-OH is 1. The molecule has 0 aliphatic carbocycles. The molecule has 0 radical (unpaired) electrons. The average molecular weight is 833 g/mol. The van der Waals surface area contributed by atoms with Crippen molar-refractivity contribution in [2.75, 3.05) is 65.8 Å². The van der Waals surface area contributed by atoms with Crippen molar-refractivity contribution >= 4 is 35.2 Å². The number of hydrogen-bond donors (Lipinski definition) is 4. The Morgan fingerprint density at radius 1 is 0.931 bits per heavy atom. The summed E-state index contributed by atoms with van der Waals surface area (Å²) in [6.07, 6.45) is 1.93. The van der Waals surface area contributed by atoms with E-state index in [2.05, 4.69) is 15.6 Å². The molecule has 16 heteroatoms. The minimum absolute atomic E-state index is 0.00885. The Hall–Kier alpha value is -3.67. The first kappa shape index (κ1) is 48.7. The third-order valence-corrected chi connectivity index (χ3v) is 10.4. The molecule has 2 heterocycles. The van der Waals surface area contributed by atoms with Crippen LogP contribution in [0.2, 0.25) is 0 Å². The van der Waals surface area contributed by atoms with Crippen LogP contribution in [-0.2, 0) is 39.9 Å². The molecule has 0 unspecified atom stereocenters. The summed E-state index contributed by atoms with van der Waals surface area (Å²) in [4.78, 5) is 62.0. The largest absolute Gasteiger partial charge is 0.444 e. The molecule has 1 saturated heterocycles. The van der Waals surface area contributed by atoms with E-state index in [-0.39, 0.29) is 37.7 Å². The summed E-state index contributed by atoms with van der Waals surface area (Å²) in [7, 11) is 0. The summed E-state index contributed by atoms with van der Waals surface area (Å²) in [5.41, 5.74) is 8.85. The van der Waals surface area contributed by atoms with E-state index < -0.39 is 41.2 Å². The Balaban J connectivity index is 1.44. The number of benzene rings is 1. The number of ether oxygens (including phenoxy) is 4. The highest BCUT2D eigenvalue weighted by Gasteiger charge is 2.44. The van der Waals surface area contributed by atoms with Crippen molar-refractivity contribution < 1.29 is 43.2 Å². The monoisotopic (exact) mass is 832 g/mol. The summed E-state index contributed by atoms with van der Waals surface area (Å²) < 4.78 is 22.0. The fourth-order valence-corrected chi connectivity index (χ4v) is 7.19. The molecule has 15 nitrogen and oxygen atoms in total. The predicted molar refractivity (Wildman–Crippen MR) is 224 cm³/mol. The number of unbranched alkanes of at least 4 members (excludes halogenated alkanes) is 3. The van der Waals surface area contributed by atoms with Gasteiger partial charge in [-0.1, -0.05) is 57.9 Å². The number of carbonyl (C=O) groups excluding carboxylic acids is 4. The Morgan fingerprint density at radius 2 is 1.57 bits per heavy atom. The van der Waals surface area contributed by atoms with Gasteiger partial charge in [0.15, 0.2) is 0 Å². The van der Waals surface area contributed by atoms with Crippen LogP contribution in [0, 0.1) is 12.3 Å². The average Bonchev–Trinajstić information content (AvgIpc) is 3.77. The molecule has 1 aromatic carbocycles. The van der Waals surface area contributed by atoms with Crippen molar-refractivity contribution in [3.8, 4) is 10.4 Å². The van der Waals surface area contributed by atoms with Gasteiger partial charge in [-0.25, -0.2) is 9.78 Å². The molecule has 2 aromatic rings. The Bertz CT molecular complexity index is 1560. The number of likely N-dealkylation sites (tertiary alicyclic amines) is 1. The molecule has 0 saturated carbocycles. The van der Waals surface area contributed by atoms with Gasteiger partial charge < -0.3 is 50.2 Å². The maximum atomic E-state index is 14.0. The summed E-state index contributed by atoms with van der Waals surface area (Å²) in [5, 5.41) is 16.4. The lowest BCUT2D eigenvalue weighted by Crippen LogP contribution is -2.57. The number of aromatic nitrogens is 1. The Labute approximate surface area is 348 Å². The number of hydrogen-bond acceptors (Lipinski definition) is 12. The molecule has 1 aliphatic rings. The number of aliphatic hydroxyl groups is 1. The summed E-state index contributed by atoms with van der Waals surface area (Å²) >= 11 is 1.58. The van der Waals surface area contributed by atoms with Crippen LogP contribution in [-0.4, -0.2) is 133 Å². The van der Waals surface area contributed by atoms with Crippen molar-refractivity contribution in [2.45, 2.75) is 117 Å². The molecule has 1 fully saturated rings. The van der Waals surface area contributed by atoms with E-state index in [0.717, 1.165) is 34.5 Å². The summed E-state index contributed by atoms with van der Waals surface area (Å²) in [6.45, 7) is 17.2. The standard InChI is InChI=1S/C42H68N6O9S/c1-30-36(58-29-45-30)32-15-13-31(14-16-32)27-44-38(51)34-26-33(49)28-48(34)39(52)37(41(2,3)4)46-35(50)12-10-8-9-11-18-47(40(53)57-42(5,6)7)19-21-55-23-25-56-24-22-54-20-17-43/h13-16,29,33-34,37,49H,8-12,17-28,43H2,1-7H3,(H,44,51)(H,46,50)/t33-,34+,37-/m1/s1. The van der Waals surface area contributed by atoms with Gasteiger partial charge in [0.2, 0.25) is 17.7 Å². The fourth-order valence-electron chi connectivity index (χ4n) is 6.38. The molecule has 326 valence electrons. The maximum absolute atomic E-state index is 14.0. The minimum atomic E-state index is -0.894. The number of aryl methyl sites for hydroxylation is 1. The molecule has 3 rings (SSSR count).